The van der Waals surface area contributed by atoms with E-state index in [1.807, 2.05) is 0 Å². The second kappa shape index (κ2) is 4.81. The van der Waals surface area contributed by atoms with Gasteiger partial charge in [0.2, 0.25) is 0 Å². The van der Waals surface area contributed by atoms with E-state index in [0.29, 0.717) is 0 Å². The van der Waals surface area contributed by atoms with E-state index in [1.165, 1.54) is 13.1 Å². The summed E-state index contributed by atoms with van der Waals surface area (Å²) in [6, 6.07) is 0. The molecular formula is C6H14BF4NO. The van der Waals surface area contributed by atoms with E-state index < -0.39 is 7.25 Å². The molecule has 0 atom stereocenters. The summed E-state index contributed by atoms with van der Waals surface area (Å²) in [7, 11) is -1.52. The Kier molecular flexibility index (Phi) is 4.70. The molecular weight excluding hydrogens is 189 g/mol. The van der Waals surface area contributed by atoms with Crippen molar-refractivity contribution in [3.05, 3.63) is 0 Å². The summed E-state index contributed by atoms with van der Waals surface area (Å²) in [6.07, 6.45) is 0. The van der Waals surface area contributed by atoms with Gasteiger partial charge in [0.05, 0.1) is 27.3 Å². The minimum Gasteiger partial charge on any atom is -0.418 e. The lowest BCUT2D eigenvalue weighted by molar-refractivity contribution is -0.898. The standard InChI is InChI=1S/C6H14NO.BF4/c1-7(2)3-5-8-6-4-7;2-1(3,4)5/h3-6H2,1-2H3;/q+1;-1. The lowest BCUT2D eigenvalue weighted by Crippen LogP contribution is -2.48. The monoisotopic (exact) mass is 203 g/mol. The van der Waals surface area contributed by atoms with Gasteiger partial charge in [0.1, 0.15) is 13.1 Å². The van der Waals surface area contributed by atoms with Gasteiger partial charge in [-0.15, -0.1) is 0 Å². The van der Waals surface area contributed by atoms with Crippen LogP contribution in [0.1, 0.15) is 0 Å². The highest BCUT2D eigenvalue weighted by atomic mass is 19.5. The molecule has 0 aromatic carbocycles. The van der Waals surface area contributed by atoms with Gasteiger partial charge in [0, 0.05) is 0 Å². The van der Waals surface area contributed by atoms with Gasteiger partial charge in [-0.1, -0.05) is 0 Å². The van der Waals surface area contributed by atoms with Crippen molar-refractivity contribution in [3.63, 3.8) is 0 Å². The van der Waals surface area contributed by atoms with Gasteiger partial charge in [-0.2, -0.15) is 0 Å². The number of hydrogen-bond donors (Lipinski definition) is 0. The molecule has 13 heavy (non-hydrogen) atoms. The first-order valence-electron chi connectivity index (χ1n) is 3.98. The number of likely N-dealkylation sites (N-methyl/N-ethyl adjacent to an activating group) is 1. The minimum atomic E-state index is -6.00. The molecule has 0 amide bonds. The molecule has 1 aliphatic heterocycles. The quantitative estimate of drug-likeness (QED) is 0.328. The molecule has 7 heteroatoms. The van der Waals surface area contributed by atoms with Crippen molar-refractivity contribution in [2.75, 3.05) is 40.4 Å². The number of quaternary nitrogens is 1. The largest absolute Gasteiger partial charge is 0.673 e. The summed E-state index contributed by atoms with van der Waals surface area (Å²) in [4.78, 5) is 0. The van der Waals surface area contributed by atoms with E-state index in [9.17, 15) is 17.3 Å². The third-order valence-electron chi connectivity index (χ3n) is 1.68. The average Bonchev–Trinajstić information content (AvgIpc) is 1.82. The number of ether oxygens (including phenoxy) is 1. The molecule has 0 spiro atoms. The van der Waals surface area contributed by atoms with Crippen molar-refractivity contribution in [1.29, 1.82) is 0 Å². The van der Waals surface area contributed by atoms with Crippen molar-refractivity contribution >= 4 is 7.25 Å². The van der Waals surface area contributed by atoms with Gasteiger partial charge in [-0.05, 0) is 0 Å². The predicted molar refractivity (Wildman–Crippen MR) is 42.8 cm³/mol. The van der Waals surface area contributed by atoms with E-state index in [-0.39, 0.29) is 0 Å². The Morgan fingerprint density at radius 1 is 1.00 bits per heavy atom. The summed E-state index contributed by atoms with van der Waals surface area (Å²) in [6.45, 7) is 4.21. The zero-order valence-electron chi connectivity index (χ0n) is 7.77. The smallest absolute Gasteiger partial charge is 0.418 e. The first-order chi connectivity index (χ1) is 5.71. The zero-order chi connectivity index (χ0) is 10.5. The van der Waals surface area contributed by atoms with Crippen LogP contribution >= 0.6 is 0 Å². The Morgan fingerprint density at radius 3 is 1.46 bits per heavy atom. The summed E-state index contributed by atoms with van der Waals surface area (Å²) >= 11 is 0. The molecule has 0 aromatic rings. The summed E-state index contributed by atoms with van der Waals surface area (Å²) in [5, 5.41) is 0. The highest BCUT2D eigenvalue weighted by molar-refractivity contribution is 6.50. The fourth-order valence-electron chi connectivity index (χ4n) is 0.837. The van der Waals surface area contributed by atoms with E-state index in [4.69, 9.17) is 4.74 Å². The van der Waals surface area contributed by atoms with Crippen molar-refractivity contribution in [2.24, 2.45) is 0 Å². The first-order valence-corrected chi connectivity index (χ1v) is 3.98. The molecule has 80 valence electrons. The van der Waals surface area contributed by atoms with E-state index in [0.717, 1.165) is 17.7 Å². The number of hydrogen-bond acceptors (Lipinski definition) is 1. The molecule has 1 saturated heterocycles. The van der Waals surface area contributed by atoms with Crippen LogP contribution in [0.2, 0.25) is 0 Å². The third-order valence-corrected chi connectivity index (χ3v) is 1.68. The van der Waals surface area contributed by atoms with Crippen LogP contribution in [0.3, 0.4) is 0 Å². The molecule has 0 radical (unpaired) electrons. The summed E-state index contributed by atoms with van der Waals surface area (Å²) < 4.78 is 45.3. The summed E-state index contributed by atoms with van der Waals surface area (Å²) in [5.41, 5.74) is 0. The molecule has 1 aliphatic rings. The van der Waals surface area contributed by atoms with E-state index in [1.54, 1.807) is 0 Å². The Bertz CT molecular complexity index is 136. The van der Waals surface area contributed by atoms with Gasteiger partial charge < -0.3 is 26.5 Å². The lowest BCUT2D eigenvalue weighted by Gasteiger charge is -2.33. The molecule has 0 bridgehead atoms. The highest BCUT2D eigenvalue weighted by Gasteiger charge is 2.20. The summed E-state index contributed by atoms with van der Waals surface area (Å²) in [5.74, 6) is 0. The molecule has 1 fully saturated rings. The Balaban J connectivity index is 0.000000252. The van der Waals surface area contributed by atoms with Gasteiger partial charge in [-0.3, -0.25) is 0 Å². The maximum atomic E-state index is 9.75. The molecule has 0 unspecified atom stereocenters. The van der Waals surface area contributed by atoms with Crippen LogP contribution in [0.25, 0.3) is 0 Å². The van der Waals surface area contributed by atoms with E-state index >= 15 is 0 Å². The number of halogens is 4. The molecule has 0 saturated carbocycles. The molecule has 1 rings (SSSR count). The third kappa shape index (κ3) is 11.7. The normalized spacial score (nSPS) is 21.7. The topological polar surface area (TPSA) is 9.23 Å². The van der Waals surface area contributed by atoms with Crippen LogP contribution in [-0.4, -0.2) is 52.1 Å². The Hall–Kier alpha value is -0.295. The average molecular weight is 203 g/mol. The molecule has 2 nitrogen and oxygen atoms in total. The number of rotatable bonds is 0. The maximum absolute atomic E-state index is 9.75. The molecule has 0 aromatic heterocycles. The minimum absolute atomic E-state index is 0.938. The zero-order valence-corrected chi connectivity index (χ0v) is 7.77. The fourth-order valence-corrected chi connectivity index (χ4v) is 0.837. The van der Waals surface area contributed by atoms with Gasteiger partial charge in [-0.25, -0.2) is 0 Å². The van der Waals surface area contributed by atoms with Crippen LogP contribution in [0.4, 0.5) is 17.3 Å². The van der Waals surface area contributed by atoms with Gasteiger partial charge in [0.25, 0.3) is 0 Å². The van der Waals surface area contributed by atoms with Crippen LogP contribution in [0.15, 0.2) is 0 Å². The lowest BCUT2D eigenvalue weighted by atomic mass is 10.3. The van der Waals surface area contributed by atoms with Crippen LogP contribution in [0, 0.1) is 0 Å². The van der Waals surface area contributed by atoms with Crippen LogP contribution in [-0.2, 0) is 4.74 Å². The van der Waals surface area contributed by atoms with Gasteiger partial charge >= 0.3 is 7.25 Å². The second-order valence-electron chi connectivity index (χ2n) is 3.49. The maximum Gasteiger partial charge on any atom is 0.673 e. The van der Waals surface area contributed by atoms with Gasteiger partial charge in [0.15, 0.2) is 0 Å². The van der Waals surface area contributed by atoms with Crippen LogP contribution < -0.4 is 0 Å². The van der Waals surface area contributed by atoms with E-state index in [2.05, 4.69) is 14.1 Å². The SMILES string of the molecule is C[N+]1(C)CCOCC1.F[B-](F)(F)F. The molecule has 0 N–H and O–H groups in total. The Morgan fingerprint density at radius 2 is 1.31 bits per heavy atom. The second-order valence-corrected chi connectivity index (χ2v) is 3.49. The van der Waals surface area contributed by atoms with Crippen molar-refractivity contribution in [1.82, 2.24) is 0 Å². The Labute approximate surface area is 75.2 Å². The molecule has 1 heterocycles. The highest BCUT2D eigenvalue weighted by Crippen LogP contribution is 2.06. The fraction of sp³-hybridized carbons (Fsp3) is 1.00. The number of morpholine rings is 1. The van der Waals surface area contributed by atoms with Crippen LogP contribution in [0.5, 0.6) is 0 Å². The molecule has 0 aliphatic carbocycles. The predicted octanol–water partition coefficient (Wildman–Crippen LogP) is 1.39. The van der Waals surface area contributed by atoms with Crippen molar-refractivity contribution in [3.8, 4) is 0 Å². The van der Waals surface area contributed by atoms with Crippen molar-refractivity contribution < 1.29 is 26.5 Å². The van der Waals surface area contributed by atoms with Crippen molar-refractivity contribution in [2.45, 2.75) is 0 Å². The number of nitrogens with zero attached hydrogens (tertiary/aromatic N) is 1. The first kappa shape index (κ1) is 12.7.